The van der Waals surface area contributed by atoms with E-state index in [1.165, 1.54) is 0 Å². The Balaban J connectivity index is 0.000000255. The van der Waals surface area contributed by atoms with Gasteiger partial charge in [-0.1, -0.05) is 37.4 Å². The van der Waals surface area contributed by atoms with E-state index in [-0.39, 0.29) is 41.8 Å². The topological polar surface area (TPSA) is 159 Å². The van der Waals surface area contributed by atoms with Crippen LogP contribution in [-0.2, 0) is 42.9 Å². The number of hydrogen-bond donors (Lipinski definition) is 0. The predicted molar refractivity (Wildman–Crippen MR) is 257 cm³/mol. The molecule has 0 amide bonds. The first-order valence-corrected chi connectivity index (χ1v) is 24.3. The third-order valence-corrected chi connectivity index (χ3v) is 13.2. The van der Waals surface area contributed by atoms with E-state index in [9.17, 15) is 24.0 Å². The molecule has 0 unspecified atom stereocenters. The van der Waals surface area contributed by atoms with Crippen molar-refractivity contribution in [3.63, 3.8) is 0 Å². The Morgan fingerprint density at radius 3 is 1.19 bits per heavy atom. The summed E-state index contributed by atoms with van der Waals surface area (Å²) in [6, 6.07) is 22.5. The van der Waals surface area contributed by atoms with Gasteiger partial charge in [0.25, 0.3) is 0 Å². The molecule has 368 valence electrons. The number of carbonyl (C=O) groups is 5. The fraction of sp³-hybridized carbons (Fsp3) is 0.509. The van der Waals surface area contributed by atoms with Gasteiger partial charge in [0.2, 0.25) is 0 Å². The summed E-state index contributed by atoms with van der Waals surface area (Å²) in [5.74, 6) is 2.53. The van der Waals surface area contributed by atoms with E-state index in [0.717, 1.165) is 125 Å². The van der Waals surface area contributed by atoms with Crippen molar-refractivity contribution in [1.29, 1.82) is 0 Å². The highest BCUT2D eigenvalue weighted by Crippen LogP contribution is 2.42. The molecule has 13 nitrogen and oxygen atoms in total. The molecule has 0 aliphatic heterocycles. The van der Waals surface area contributed by atoms with Gasteiger partial charge >= 0.3 is 29.8 Å². The van der Waals surface area contributed by atoms with Gasteiger partial charge in [0.05, 0.1) is 57.9 Å². The first kappa shape index (κ1) is 53.0. The van der Waals surface area contributed by atoms with Crippen LogP contribution in [0.15, 0.2) is 98.1 Å². The van der Waals surface area contributed by atoms with E-state index in [4.69, 9.17) is 37.9 Å². The van der Waals surface area contributed by atoms with Crippen molar-refractivity contribution in [2.45, 2.75) is 109 Å². The number of rotatable bonds is 22. The molecule has 0 bridgehead atoms. The van der Waals surface area contributed by atoms with Gasteiger partial charge in [-0.05, 0) is 174 Å². The fourth-order valence-electron chi connectivity index (χ4n) is 9.07. The normalized spacial score (nSPS) is 21.0. The van der Waals surface area contributed by atoms with Gasteiger partial charge in [-0.25, -0.2) is 9.59 Å². The minimum atomic E-state index is -0.430. The SMILES string of the molecule is C=CC(=O)OCCCCOC(=O)C1CCC(C2CCC(C(=O)Oc3ccc(OC)cc3)CC2)CC1.C=CC(=O)OCCCCOC1CCC(C(=O)Oc2ccc(-c3ccc(OC)cc3)cc2)CC1. The molecule has 68 heavy (non-hydrogen) atoms. The Hall–Kier alpha value is -5.95. The van der Waals surface area contributed by atoms with Crippen LogP contribution in [0.3, 0.4) is 0 Å². The average molecular weight is 939 g/mol. The van der Waals surface area contributed by atoms with Crippen molar-refractivity contribution >= 4 is 29.8 Å². The molecule has 3 aliphatic carbocycles. The van der Waals surface area contributed by atoms with Crippen LogP contribution in [0.1, 0.15) is 103 Å². The standard InChI is InChI=1S/C28H38O7.C27H32O6/c1-3-26(29)33-18-4-5-19-34-27(30)22-10-6-20(7-11-22)21-8-12-23(13-9-21)28(31)35-25-16-14-24(32-2)15-17-25;1-3-26(28)32-19-5-4-18-31-24-14-10-22(11-15-24)27(29)33-25-16-8-21(9-17-25)20-6-12-23(30-2)13-7-20/h3,14-17,20-23H,1,4-13,18-19H2,2H3;3,6-9,12-13,16-17,22,24H,1,4-5,10-11,14-15,18-19H2,2H3. The Labute approximate surface area is 401 Å². The monoisotopic (exact) mass is 938 g/mol. The smallest absolute Gasteiger partial charge is 0.330 e. The van der Waals surface area contributed by atoms with Crippen molar-refractivity contribution in [3.05, 3.63) is 98.1 Å². The number of unbranched alkanes of at least 4 members (excludes halogenated alkanes) is 2. The Morgan fingerprint density at radius 2 is 0.779 bits per heavy atom. The number of ether oxygens (including phenoxy) is 8. The van der Waals surface area contributed by atoms with Gasteiger partial charge in [-0.2, -0.15) is 0 Å². The number of carbonyl (C=O) groups excluding carboxylic acids is 5. The van der Waals surface area contributed by atoms with E-state index in [1.807, 2.05) is 48.5 Å². The minimum Gasteiger partial charge on any atom is -0.497 e. The summed E-state index contributed by atoms with van der Waals surface area (Å²) < 4.78 is 42.7. The predicted octanol–water partition coefficient (Wildman–Crippen LogP) is 10.6. The van der Waals surface area contributed by atoms with Crippen LogP contribution in [0, 0.1) is 29.6 Å². The number of methoxy groups -OCH3 is 2. The lowest BCUT2D eigenvalue weighted by atomic mass is 9.69. The second-order valence-corrected chi connectivity index (χ2v) is 17.7. The molecule has 0 spiro atoms. The highest BCUT2D eigenvalue weighted by atomic mass is 16.6. The van der Waals surface area contributed by atoms with Crippen LogP contribution in [0.2, 0.25) is 0 Å². The van der Waals surface area contributed by atoms with Crippen molar-refractivity contribution in [2.24, 2.45) is 29.6 Å². The molecular weight excluding hydrogens is 869 g/mol. The van der Waals surface area contributed by atoms with E-state index in [1.54, 1.807) is 38.5 Å². The lowest BCUT2D eigenvalue weighted by Crippen LogP contribution is -2.31. The first-order chi connectivity index (χ1) is 33.1. The van der Waals surface area contributed by atoms with Crippen LogP contribution in [0.4, 0.5) is 0 Å². The largest absolute Gasteiger partial charge is 0.497 e. The molecule has 3 aromatic rings. The maximum atomic E-state index is 12.6. The lowest BCUT2D eigenvalue weighted by Gasteiger charge is -2.36. The maximum Gasteiger partial charge on any atom is 0.330 e. The zero-order chi connectivity index (χ0) is 48.5. The molecule has 3 aromatic carbocycles. The molecule has 0 atom stereocenters. The Kier molecular flexibility index (Phi) is 22.6. The molecule has 3 aliphatic rings. The zero-order valence-electron chi connectivity index (χ0n) is 39.9. The van der Waals surface area contributed by atoms with Gasteiger partial charge in [-0.15, -0.1) is 0 Å². The Morgan fingerprint density at radius 1 is 0.441 bits per heavy atom. The minimum absolute atomic E-state index is 0.0133. The molecule has 0 saturated heterocycles. The van der Waals surface area contributed by atoms with E-state index < -0.39 is 11.9 Å². The highest BCUT2D eigenvalue weighted by Gasteiger charge is 2.35. The van der Waals surface area contributed by atoms with Crippen molar-refractivity contribution in [1.82, 2.24) is 0 Å². The molecule has 0 aromatic heterocycles. The second kappa shape index (κ2) is 29.1. The molecule has 13 heteroatoms. The van der Waals surface area contributed by atoms with Crippen LogP contribution in [0.5, 0.6) is 23.0 Å². The molecule has 0 N–H and O–H groups in total. The average Bonchev–Trinajstić information content (AvgIpc) is 3.39. The molecule has 0 heterocycles. The van der Waals surface area contributed by atoms with Crippen LogP contribution in [0.25, 0.3) is 11.1 Å². The van der Waals surface area contributed by atoms with Gasteiger partial charge < -0.3 is 37.9 Å². The Bertz CT molecular complexity index is 2020. The van der Waals surface area contributed by atoms with Crippen LogP contribution < -0.4 is 18.9 Å². The van der Waals surface area contributed by atoms with Gasteiger partial charge in [0, 0.05) is 18.8 Å². The number of benzene rings is 3. The number of hydrogen-bond acceptors (Lipinski definition) is 13. The lowest BCUT2D eigenvalue weighted by molar-refractivity contribution is -0.151. The zero-order valence-corrected chi connectivity index (χ0v) is 39.9. The highest BCUT2D eigenvalue weighted by molar-refractivity contribution is 5.81. The number of esters is 5. The summed E-state index contributed by atoms with van der Waals surface area (Å²) in [4.78, 5) is 59.5. The molecular formula is C55H70O13. The van der Waals surface area contributed by atoms with Crippen LogP contribution >= 0.6 is 0 Å². The third kappa shape index (κ3) is 17.9. The van der Waals surface area contributed by atoms with Crippen LogP contribution in [-0.4, -0.2) is 76.6 Å². The van der Waals surface area contributed by atoms with Gasteiger partial charge in [-0.3, -0.25) is 14.4 Å². The third-order valence-electron chi connectivity index (χ3n) is 13.2. The summed E-state index contributed by atoms with van der Waals surface area (Å²) in [5.41, 5.74) is 2.12. The van der Waals surface area contributed by atoms with Crippen molar-refractivity contribution in [3.8, 4) is 34.1 Å². The summed E-state index contributed by atoms with van der Waals surface area (Å²) >= 11 is 0. The van der Waals surface area contributed by atoms with E-state index >= 15 is 0 Å². The molecule has 6 rings (SSSR count). The first-order valence-electron chi connectivity index (χ1n) is 24.3. The summed E-state index contributed by atoms with van der Waals surface area (Å²) in [7, 11) is 3.25. The van der Waals surface area contributed by atoms with Crippen molar-refractivity contribution in [2.75, 3.05) is 40.6 Å². The summed E-state index contributed by atoms with van der Waals surface area (Å²) in [6.45, 7) is 8.40. The quantitative estimate of drug-likeness (QED) is 0.0308. The van der Waals surface area contributed by atoms with E-state index in [2.05, 4.69) is 13.2 Å². The van der Waals surface area contributed by atoms with Gasteiger partial charge in [0.1, 0.15) is 23.0 Å². The van der Waals surface area contributed by atoms with Crippen molar-refractivity contribution < 1.29 is 61.9 Å². The fourth-order valence-corrected chi connectivity index (χ4v) is 9.07. The maximum absolute atomic E-state index is 12.6. The summed E-state index contributed by atoms with van der Waals surface area (Å²) in [6.07, 6.45) is 16.3. The molecule has 0 radical (unpaired) electrons. The van der Waals surface area contributed by atoms with Gasteiger partial charge in [0.15, 0.2) is 0 Å². The molecule has 3 saturated carbocycles. The molecule has 3 fully saturated rings. The summed E-state index contributed by atoms with van der Waals surface area (Å²) in [5, 5.41) is 0. The second-order valence-electron chi connectivity index (χ2n) is 17.7. The van der Waals surface area contributed by atoms with E-state index in [0.29, 0.717) is 62.6 Å².